The van der Waals surface area contributed by atoms with Crippen LogP contribution in [0.25, 0.3) is 11.3 Å². The molecule has 88 valence electrons. The number of hydrogen-bond acceptors (Lipinski definition) is 4. The molecule has 1 heterocycles. The van der Waals surface area contributed by atoms with E-state index in [0.717, 1.165) is 11.1 Å². The highest BCUT2D eigenvalue weighted by atomic mass is 16.4. The molecule has 5 heteroatoms. The largest absolute Gasteiger partial charge is 0.475 e. The highest BCUT2D eigenvalue weighted by Gasteiger charge is 2.11. The summed E-state index contributed by atoms with van der Waals surface area (Å²) in [6, 6.07) is 8.82. The molecule has 0 saturated heterocycles. The number of rotatable bonds is 2. The molecule has 0 aliphatic rings. The van der Waals surface area contributed by atoms with Crippen molar-refractivity contribution >= 4 is 5.97 Å². The number of carbonyl (C=O) groups is 1. The Morgan fingerprint density at radius 3 is 2.56 bits per heavy atom. The van der Waals surface area contributed by atoms with Gasteiger partial charge in [0, 0.05) is 11.8 Å². The number of hydrogen-bond donors (Lipinski definition) is 1. The van der Waals surface area contributed by atoms with Crippen molar-refractivity contribution in [3.05, 3.63) is 47.4 Å². The molecule has 0 amide bonds. The molecule has 5 nitrogen and oxygen atoms in total. The van der Waals surface area contributed by atoms with E-state index in [1.54, 1.807) is 31.2 Å². The van der Waals surface area contributed by atoms with Crippen LogP contribution >= 0.6 is 0 Å². The Hall–Kier alpha value is -2.74. The first-order chi connectivity index (χ1) is 8.61. The highest BCUT2D eigenvalue weighted by molar-refractivity contribution is 5.84. The summed E-state index contributed by atoms with van der Waals surface area (Å²) in [5.41, 5.74) is 2.65. The molecule has 0 spiro atoms. The van der Waals surface area contributed by atoms with Crippen molar-refractivity contribution < 1.29 is 9.90 Å². The Morgan fingerprint density at radius 2 is 2.00 bits per heavy atom. The fraction of sp³-hybridized carbons (Fsp3) is 0.0769. The molecular formula is C13H9N3O2. The van der Waals surface area contributed by atoms with E-state index in [-0.39, 0.29) is 5.82 Å². The molecule has 0 aliphatic heterocycles. The van der Waals surface area contributed by atoms with Gasteiger partial charge >= 0.3 is 5.97 Å². The minimum absolute atomic E-state index is 0.236. The maximum absolute atomic E-state index is 10.8. The van der Waals surface area contributed by atoms with Gasteiger partial charge in [-0.3, -0.25) is 0 Å². The van der Waals surface area contributed by atoms with E-state index in [1.165, 1.54) is 6.20 Å². The van der Waals surface area contributed by atoms with E-state index in [1.807, 2.05) is 6.07 Å². The molecule has 0 unspecified atom stereocenters. The molecular weight excluding hydrogens is 230 g/mol. The van der Waals surface area contributed by atoms with Crippen LogP contribution < -0.4 is 0 Å². The first-order valence-electron chi connectivity index (χ1n) is 5.19. The van der Waals surface area contributed by atoms with Crippen LogP contribution in [0.2, 0.25) is 0 Å². The van der Waals surface area contributed by atoms with Crippen molar-refractivity contribution in [1.82, 2.24) is 9.97 Å². The molecule has 2 rings (SSSR count). The van der Waals surface area contributed by atoms with Crippen LogP contribution in [0, 0.1) is 18.3 Å². The molecule has 1 aromatic heterocycles. The van der Waals surface area contributed by atoms with E-state index < -0.39 is 5.97 Å². The summed E-state index contributed by atoms with van der Waals surface area (Å²) in [6.45, 7) is 1.80. The van der Waals surface area contributed by atoms with Gasteiger partial charge in [0.1, 0.15) is 0 Å². The Morgan fingerprint density at radius 1 is 1.33 bits per heavy atom. The summed E-state index contributed by atoms with van der Waals surface area (Å²) < 4.78 is 0. The number of benzene rings is 1. The molecule has 0 aliphatic carbocycles. The highest BCUT2D eigenvalue weighted by Crippen LogP contribution is 2.20. The summed E-state index contributed by atoms with van der Waals surface area (Å²) in [5.74, 6) is -1.40. The zero-order valence-corrected chi connectivity index (χ0v) is 9.58. The first kappa shape index (κ1) is 11.7. The second-order valence-corrected chi connectivity index (χ2v) is 3.72. The summed E-state index contributed by atoms with van der Waals surface area (Å²) in [5, 5.41) is 17.6. The van der Waals surface area contributed by atoms with Gasteiger partial charge in [-0.15, -0.1) is 0 Å². The third kappa shape index (κ3) is 2.18. The number of aryl methyl sites for hydroxylation is 1. The topological polar surface area (TPSA) is 86.9 Å². The lowest BCUT2D eigenvalue weighted by Crippen LogP contribution is -2.05. The van der Waals surface area contributed by atoms with Gasteiger partial charge in [0.25, 0.3) is 0 Å². The monoisotopic (exact) mass is 239 g/mol. The van der Waals surface area contributed by atoms with Crippen molar-refractivity contribution in [2.75, 3.05) is 0 Å². The number of aromatic carboxylic acids is 1. The van der Waals surface area contributed by atoms with E-state index in [0.29, 0.717) is 11.3 Å². The molecule has 18 heavy (non-hydrogen) atoms. The fourth-order valence-electron chi connectivity index (χ4n) is 1.54. The van der Waals surface area contributed by atoms with Crippen molar-refractivity contribution in [1.29, 1.82) is 5.26 Å². The van der Waals surface area contributed by atoms with Crippen molar-refractivity contribution in [3.63, 3.8) is 0 Å². The van der Waals surface area contributed by atoms with Gasteiger partial charge in [-0.1, -0.05) is 12.1 Å². The Kier molecular flexibility index (Phi) is 3.02. The lowest BCUT2D eigenvalue weighted by atomic mass is 10.1. The molecule has 0 atom stereocenters. The standard InChI is InChI=1S/C13H9N3O2/c1-8-7-15-12(13(17)18)16-11(8)10-4-2-9(6-14)3-5-10/h2-5,7H,1H3,(H,17,18). The van der Waals surface area contributed by atoms with Crippen molar-refractivity contribution in [2.24, 2.45) is 0 Å². The van der Waals surface area contributed by atoms with E-state index >= 15 is 0 Å². The smallest absolute Gasteiger partial charge is 0.373 e. The van der Waals surface area contributed by atoms with E-state index in [4.69, 9.17) is 10.4 Å². The summed E-state index contributed by atoms with van der Waals surface area (Å²) >= 11 is 0. The molecule has 1 aromatic carbocycles. The van der Waals surface area contributed by atoms with Gasteiger partial charge in [-0.05, 0) is 24.6 Å². The second kappa shape index (κ2) is 4.63. The Bertz CT molecular complexity index is 642. The molecule has 2 aromatic rings. The normalized spacial score (nSPS) is 9.78. The van der Waals surface area contributed by atoms with Crippen LogP contribution in [-0.2, 0) is 0 Å². The SMILES string of the molecule is Cc1cnc(C(=O)O)nc1-c1ccc(C#N)cc1. The molecule has 0 saturated carbocycles. The zero-order valence-electron chi connectivity index (χ0n) is 9.58. The number of carboxylic acids is 1. The Labute approximate surface area is 103 Å². The predicted molar refractivity (Wildman–Crippen MR) is 63.9 cm³/mol. The van der Waals surface area contributed by atoms with Gasteiger partial charge in [-0.25, -0.2) is 14.8 Å². The summed E-state index contributed by atoms with van der Waals surface area (Å²) in [6.07, 6.45) is 1.48. The second-order valence-electron chi connectivity index (χ2n) is 3.72. The van der Waals surface area contributed by atoms with Gasteiger partial charge < -0.3 is 5.11 Å². The average Bonchev–Trinajstić information content (AvgIpc) is 2.39. The van der Waals surface area contributed by atoms with Crippen LogP contribution in [0.1, 0.15) is 21.7 Å². The molecule has 0 fully saturated rings. The number of aromatic nitrogens is 2. The van der Waals surface area contributed by atoms with Crippen molar-refractivity contribution in [3.8, 4) is 17.3 Å². The van der Waals surface area contributed by atoms with E-state index in [2.05, 4.69) is 9.97 Å². The number of nitrogens with zero attached hydrogens (tertiary/aromatic N) is 3. The molecule has 0 radical (unpaired) electrons. The van der Waals surface area contributed by atoms with Crippen LogP contribution in [0.5, 0.6) is 0 Å². The van der Waals surface area contributed by atoms with Crippen molar-refractivity contribution in [2.45, 2.75) is 6.92 Å². The quantitative estimate of drug-likeness (QED) is 0.866. The fourth-order valence-corrected chi connectivity index (χ4v) is 1.54. The van der Waals surface area contributed by atoms with Crippen LogP contribution in [0.3, 0.4) is 0 Å². The minimum Gasteiger partial charge on any atom is -0.475 e. The van der Waals surface area contributed by atoms with Gasteiger partial charge in [0.2, 0.25) is 5.82 Å². The lowest BCUT2D eigenvalue weighted by Gasteiger charge is -2.05. The van der Waals surface area contributed by atoms with Crippen LogP contribution in [0.15, 0.2) is 30.5 Å². The minimum atomic E-state index is -1.16. The van der Waals surface area contributed by atoms with Crippen LogP contribution in [-0.4, -0.2) is 21.0 Å². The van der Waals surface area contributed by atoms with Crippen LogP contribution in [0.4, 0.5) is 0 Å². The molecule has 1 N–H and O–H groups in total. The third-order valence-electron chi connectivity index (χ3n) is 2.45. The van der Waals surface area contributed by atoms with Gasteiger partial charge in [0.05, 0.1) is 17.3 Å². The van der Waals surface area contributed by atoms with E-state index in [9.17, 15) is 4.79 Å². The number of nitriles is 1. The maximum Gasteiger partial charge on any atom is 0.373 e. The third-order valence-corrected chi connectivity index (χ3v) is 2.45. The zero-order chi connectivity index (χ0) is 13.1. The maximum atomic E-state index is 10.8. The summed E-state index contributed by atoms with van der Waals surface area (Å²) in [7, 11) is 0. The summed E-state index contributed by atoms with van der Waals surface area (Å²) in [4.78, 5) is 18.6. The predicted octanol–water partition coefficient (Wildman–Crippen LogP) is 2.02. The average molecular weight is 239 g/mol. The number of carboxylic acid groups (broad SMARTS) is 1. The Balaban J connectivity index is 2.52. The first-order valence-corrected chi connectivity index (χ1v) is 5.19. The molecule has 0 bridgehead atoms. The van der Waals surface area contributed by atoms with Gasteiger partial charge in [0.15, 0.2) is 0 Å². The lowest BCUT2D eigenvalue weighted by molar-refractivity contribution is 0.0683. The van der Waals surface area contributed by atoms with Gasteiger partial charge in [-0.2, -0.15) is 5.26 Å².